The summed E-state index contributed by atoms with van der Waals surface area (Å²) in [5, 5.41) is 20.8. The lowest BCUT2D eigenvalue weighted by Gasteiger charge is -2.44. The van der Waals surface area contributed by atoms with Crippen molar-refractivity contribution in [3.8, 4) is 0 Å². The van der Waals surface area contributed by atoms with E-state index in [1.54, 1.807) is 31.2 Å². The van der Waals surface area contributed by atoms with Crippen molar-refractivity contribution in [3.63, 3.8) is 0 Å². The van der Waals surface area contributed by atoms with Gasteiger partial charge in [0, 0.05) is 22.9 Å². The van der Waals surface area contributed by atoms with Gasteiger partial charge in [-0.2, -0.15) is 13.2 Å². The van der Waals surface area contributed by atoms with E-state index in [4.69, 9.17) is 4.52 Å². The molecule has 1 saturated carbocycles. The van der Waals surface area contributed by atoms with E-state index in [0.29, 0.717) is 40.7 Å². The molecule has 6 nitrogen and oxygen atoms in total. The molecule has 0 spiro atoms. The van der Waals surface area contributed by atoms with Gasteiger partial charge in [0.25, 0.3) is 0 Å². The molecule has 4 rings (SSSR count). The maximum Gasteiger partial charge on any atom is 0.416 e. The normalized spacial score (nSPS) is 16.1. The molecule has 3 aromatic rings. The van der Waals surface area contributed by atoms with Gasteiger partial charge in [0.1, 0.15) is 0 Å². The van der Waals surface area contributed by atoms with Crippen LogP contribution in [0.25, 0.3) is 10.8 Å². The molecule has 1 aliphatic carbocycles. The lowest BCUT2D eigenvalue weighted by molar-refractivity contribution is -0.139. The molecule has 2 aromatic carbocycles. The van der Waals surface area contributed by atoms with Crippen LogP contribution in [0.2, 0.25) is 0 Å². The summed E-state index contributed by atoms with van der Waals surface area (Å²) in [7, 11) is 0. The van der Waals surface area contributed by atoms with E-state index in [9.17, 15) is 23.2 Å². The number of alkyl halides is 3. The number of halogens is 3. The Kier molecular flexibility index (Phi) is 5.66. The molecular weight excluding hydrogens is 423 g/mol. The number of hydrogen-bond acceptors (Lipinski definition) is 6. The Labute approximate surface area is 181 Å². The maximum atomic E-state index is 13.6. The van der Waals surface area contributed by atoms with Crippen LogP contribution in [-0.2, 0) is 11.6 Å². The monoisotopic (exact) mass is 445 g/mol. The molecule has 0 saturated heterocycles. The second kappa shape index (κ2) is 8.29. The summed E-state index contributed by atoms with van der Waals surface area (Å²) in [5.41, 5.74) is -0.0726. The van der Waals surface area contributed by atoms with Crippen molar-refractivity contribution in [3.05, 3.63) is 69.7 Å². The van der Waals surface area contributed by atoms with Gasteiger partial charge in [-0.05, 0) is 49.6 Å². The highest BCUT2D eigenvalue weighted by Gasteiger charge is 2.45. The van der Waals surface area contributed by atoms with Gasteiger partial charge in [0.2, 0.25) is 0 Å². The molecule has 0 atom stereocenters. The number of aromatic nitrogens is 1. The van der Waals surface area contributed by atoms with Crippen molar-refractivity contribution in [1.29, 1.82) is 0 Å². The van der Waals surface area contributed by atoms with Gasteiger partial charge >= 0.3 is 11.8 Å². The molecule has 1 aromatic heterocycles. The number of nitrogens with zero attached hydrogens (tertiary/aromatic N) is 2. The first-order valence-electron chi connectivity index (χ1n) is 10.2. The third-order valence-electron chi connectivity index (χ3n) is 6.19. The van der Waals surface area contributed by atoms with Crippen molar-refractivity contribution >= 4 is 22.2 Å². The van der Waals surface area contributed by atoms with Crippen molar-refractivity contribution < 1.29 is 22.9 Å². The molecule has 9 heteroatoms. The van der Waals surface area contributed by atoms with Gasteiger partial charge in [0.15, 0.2) is 0 Å². The first-order chi connectivity index (χ1) is 15.2. The quantitative estimate of drug-likeness (QED) is 0.307. The van der Waals surface area contributed by atoms with E-state index in [1.807, 2.05) is 0 Å². The molecule has 1 fully saturated rings. The van der Waals surface area contributed by atoms with Crippen molar-refractivity contribution in [2.45, 2.75) is 44.2 Å². The Morgan fingerprint density at radius 1 is 1.22 bits per heavy atom. The molecule has 0 aliphatic heterocycles. The number of aryl methyl sites for hydroxylation is 1. The summed E-state index contributed by atoms with van der Waals surface area (Å²) in [6, 6.07) is 10.7. The maximum absolute atomic E-state index is 13.6. The molecule has 1 aliphatic rings. The minimum Gasteiger partial charge on any atom is -0.411 e. The van der Waals surface area contributed by atoms with Crippen LogP contribution in [-0.4, -0.2) is 22.6 Å². The zero-order valence-electron chi connectivity index (χ0n) is 17.4. The molecule has 1 heterocycles. The molecule has 0 unspecified atom stereocenters. The number of oxime groups is 1. The number of benzene rings is 2. The van der Waals surface area contributed by atoms with Gasteiger partial charge in [-0.3, -0.25) is 0 Å². The van der Waals surface area contributed by atoms with Crippen LogP contribution in [0.4, 0.5) is 18.9 Å². The highest BCUT2D eigenvalue weighted by atomic mass is 19.4. The zero-order chi connectivity index (χ0) is 22.9. The topological polar surface area (TPSA) is 87.7 Å². The van der Waals surface area contributed by atoms with Gasteiger partial charge in [-0.15, -0.1) is 0 Å². The number of hydrogen-bond donors (Lipinski definition) is 2. The first kappa shape index (κ1) is 21.9. The van der Waals surface area contributed by atoms with Crippen LogP contribution in [0.5, 0.6) is 0 Å². The summed E-state index contributed by atoms with van der Waals surface area (Å²) < 4.78 is 45.5. The van der Waals surface area contributed by atoms with Crippen LogP contribution in [0, 0.1) is 6.92 Å². The molecule has 0 radical (unpaired) electrons. The van der Waals surface area contributed by atoms with Crippen LogP contribution in [0.15, 0.2) is 56.9 Å². The molecular formula is C23H22F3N3O3. The molecule has 0 bridgehead atoms. The van der Waals surface area contributed by atoms with Gasteiger partial charge in [-0.25, -0.2) is 4.79 Å². The van der Waals surface area contributed by atoms with Crippen molar-refractivity contribution in [1.82, 2.24) is 5.16 Å². The molecule has 0 amide bonds. The average molecular weight is 445 g/mol. The Hall–Kier alpha value is -3.36. The lowest BCUT2D eigenvalue weighted by atomic mass is 9.60. The fourth-order valence-corrected chi connectivity index (χ4v) is 4.41. The Morgan fingerprint density at radius 2 is 1.97 bits per heavy atom. The minimum absolute atomic E-state index is 0.145. The summed E-state index contributed by atoms with van der Waals surface area (Å²) >= 11 is 0. The number of rotatable bonds is 6. The third kappa shape index (κ3) is 4.06. The summed E-state index contributed by atoms with van der Waals surface area (Å²) in [5.74, 6) is 0. The van der Waals surface area contributed by atoms with E-state index >= 15 is 0 Å². The lowest BCUT2D eigenvalue weighted by Crippen LogP contribution is -2.39. The van der Waals surface area contributed by atoms with E-state index in [-0.39, 0.29) is 18.5 Å². The number of fused-ring (bicyclic) bond motifs is 1. The largest absolute Gasteiger partial charge is 0.416 e. The van der Waals surface area contributed by atoms with Crippen LogP contribution >= 0.6 is 0 Å². The summed E-state index contributed by atoms with van der Waals surface area (Å²) in [4.78, 5) is 11.8. The number of nitrogens with one attached hydrogen (secondary N) is 1. The highest BCUT2D eigenvalue weighted by Crippen LogP contribution is 2.50. The number of anilines is 1. The Morgan fingerprint density at radius 3 is 2.62 bits per heavy atom. The van der Waals surface area contributed by atoms with E-state index in [1.165, 1.54) is 12.1 Å². The zero-order valence-corrected chi connectivity index (χ0v) is 17.4. The predicted molar refractivity (Wildman–Crippen MR) is 114 cm³/mol. The molecule has 32 heavy (non-hydrogen) atoms. The molecule has 168 valence electrons. The van der Waals surface area contributed by atoms with E-state index < -0.39 is 22.8 Å². The summed E-state index contributed by atoms with van der Waals surface area (Å²) in [6.45, 7) is 1.86. The van der Waals surface area contributed by atoms with Crippen molar-refractivity contribution in [2.24, 2.45) is 5.16 Å². The molecule has 2 N–H and O–H groups in total. The van der Waals surface area contributed by atoms with E-state index in [0.717, 1.165) is 12.5 Å². The second-order valence-corrected chi connectivity index (χ2v) is 8.19. The average Bonchev–Trinajstić information content (AvgIpc) is 2.75. The SMILES string of the molecule is Cc1noc(=O)c2ccc(NC/C(CC3(c4ccccc4C(F)(F)F)CCC3)=N\O)cc12. The fraction of sp³-hybridized carbons (Fsp3) is 0.348. The van der Waals surface area contributed by atoms with E-state index in [2.05, 4.69) is 15.6 Å². The van der Waals surface area contributed by atoms with Crippen LogP contribution in [0.3, 0.4) is 0 Å². The van der Waals surface area contributed by atoms with Crippen LogP contribution < -0.4 is 10.9 Å². The van der Waals surface area contributed by atoms with Crippen molar-refractivity contribution in [2.75, 3.05) is 11.9 Å². The fourth-order valence-electron chi connectivity index (χ4n) is 4.41. The predicted octanol–water partition coefficient (Wildman–Crippen LogP) is 5.27. The highest BCUT2D eigenvalue weighted by molar-refractivity contribution is 5.91. The minimum atomic E-state index is -4.45. The first-order valence-corrected chi connectivity index (χ1v) is 10.2. The Bertz CT molecular complexity index is 1230. The van der Waals surface area contributed by atoms with Crippen LogP contribution in [0.1, 0.15) is 42.5 Å². The van der Waals surface area contributed by atoms with Gasteiger partial charge in [-0.1, -0.05) is 34.9 Å². The van der Waals surface area contributed by atoms with Gasteiger partial charge in [0.05, 0.1) is 28.9 Å². The van der Waals surface area contributed by atoms with Gasteiger partial charge < -0.3 is 15.0 Å². The summed E-state index contributed by atoms with van der Waals surface area (Å²) in [6.07, 6.45) is -2.23. The standard InChI is InChI=1S/C23H22F3N3O3/c1-14-18-11-15(7-8-17(18)21(30)32-29-14)27-13-16(28-31)12-22(9-4-10-22)19-5-2-3-6-20(19)23(24,25)26/h2-3,5-8,11,27,31H,4,9-10,12-13H2,1H3/b28-16-. The Balaban J connectivity index is 1.55. The second-order valence-electron chi connectivity index (χ2n) is 8.19. The smallest absolute Gasteiger partial charge is 0.411 e. The third-order valence-corrected chi connectivity index (χ3v) is 6.19.